The first-order valence-corrected chi connectivity index (χ1v) is 9.55. The summed E-state index contributed by atoms with van der Waals surface area (Å²) < 4.78 is 22.6. The zero-order chi connectivity index (χ0) is 15.5. The third-order valence-electron chi connectivity index (χ3n) is 3.91. The predicted molar refractivity (Wildman–Crippen MR) is 83.2 cm³/mol. The van der Waals surface area contributed by atoms with Crippen LogP contribution >= 0.6 is 10.7 Å². The minimum atomic E-state index is -3.76. The van der Waals surface area contributed by atoms with Crippen LogP contribution in [0.2, 0.25) is 0 Å². The van der Waals surface area contributed by atoms with Gasteiger partial charge in [0.25, 0.3) is 15.0 Å². The first kappa shape index (κ1) is 16.3. The van der Waals surface area contributed by atoms with Crippen molar-refractivity contribution in [3.63, 3.8) is 0 Å². The first-order chi connectivity index (χ1) is 9.88. The van der Waals surface area contributed by atoms with Crippen molar-refractivity contribution in [2.24, 2.45) is 0 Å². The summed E-state index contributed by atoms with van der Waals surface area (Å²) >= 11 is 0. The summed E-state index contributed by atoms with van der Waals surface area (Å²) in [4.78, 5) is 12.3. The van der Waals surface area contributed by atoms with Crippen LogP contribution < -0.4 is 5.32 Å². The van der Waals surface area contributed by atoms with Crippen molar-refractivity contribution in [3.8, 4) is 0 Å². The third-order valence-corrected chi connectivity index (χ3v) is 5.27. The molecule has 4 nitrogen and oxygen atoms in total. The fraction of sp³-hybridized carbons (Fsp3) is 0.533. The molecule has 1 aliphatic carbocycles. The van der Waals surface area contributed by atoms with E-state index >= 15 is 0 Å². The highest BCUT2D eigenvalue weighted by atomic mass is 35.7. The smallest absolute Gasteiger partial charge is 0.261 e. The van der Waals surface area contributed by atoms with Crippen LogP contribution in [0.15, 0.2) is 23.1 Å². The highest BCUT2D eigenvalue weighted by molar-refractivity contribution is 8.13. The molecule has 116 valence electrons. The second-order valence-electron chi connectivity index (χ2n) is 5.58. The fourth-order valence-corrected chi connectivity index (χ4v) is 3.57. The summed E-state index contributed by atoms with van der Waals surface area (Å²) in [5.41, 5.74) is 1.12. The number of hydrogen-bond acceptors (Lipinski definition) is 3. The van der Waals surface area contributed by atoms with Gasteiger partial charge in [-0.05, 0) is 43.5 Å². The Kier molecular flexibility index (Phi) is 5.27. The van der Waals surface area contributed by atoms with Gasteiger partial charge in [-0.25, -0.2) is 8.42 Å². The van der Waals surface area contributed by atoms with Crippen LogP contribution in [0.25, 0.3) is 0 Å². The molecule has 0 aromatic heterocycles. The lowest BCUT2D eigenvalue weighted by molar-refractivity contribution is 0.0932. The van der Waals surface area contributed by atoms with Crippen LogP contribution in [-0.2, 0) is 9.05 Å². The number of halogens is 1. The largest absolute Gasteiger partial charge is 0.349 e. The number of benzene rings is 1. The summed E-state index contributed by atoms with van der Waals surface area (Å²) in [6.45, 7) is 1.72. The van der Waals surface area contributed by atoms with Crippen molar-refractivity contribution in [1.29, 1.82) is 0 Å². The summed E-state index contributed by atoms with van der Waals surface area (Å²) in [5.74, 6) is -0.141. The number of hydrogen-bond donors (Lipinski definition) is 1. The van der Waals surface area contributed by atoms with E-state index in [1.54, 1.807) is 6.92 Å². The highest BCUT2D eigenvalue weighted by Crippen LogP contribution is 2.21. The Hall–Kier alpha value is -1.07. The lowest BCUT2D eigenvalue weighted by Crippen LogP contribution is -2.34. The maximum Gasteiger partial charge on any atom is 0.261 e. The molecule has 0 unspecified atom stereocenters. The molecule has 1 amide bonds. The third kappa shape index (κ3) is 4.45. The molecule has 1 fully saturated rings. The molecule has 1 aliphatic rings. The summed E-state index contributed by atoms with van der Waals surface area (Å²) in [6, 6.07) is 4.55. The quantitative estimate of drug-likeness (QED) is 0.683. The summed E-state index contributed by atoms with van der Waals surface area (Å²) in [5, 5.41) is 3.05. The standard InChI is InChI=1S/C15H20ClNO3S/c1-11-10-13(21(16,19)20)8-9-14(11)15(18)17-12-6-4-2-3-5-7-12/h8-10,12H,2-7H2,1H3,(H,17,18). The molecule has 1 aromatic carbocycles. The Morgan fingerprint density at radius 1 is 1.19 bits per heavy atom. The normalized spacial score (nSPS) is 17.2. The molecule has 2 rings (SSSR count). The van der Waals surface area contributed by atoms with Gasteiger partial charge >= 0.3 is 0 Å². The molecule has 1 saturated carbocycles. The Morgan fingerprint density at radius 2 is 1.81 bits per heavy atom. The Balaban J connectivity index is 2.12. The molecule has 0 aliphatic heterocycles. The van der Waals surface area contributed by atoms with Crippen molar-refractivity contribution in [2.75, 3.05) is 0 Å². The molecule has 0 bridgehead atoms. The van der Waals surface area contributed by atoms with Crippen molar-refractivity contribution in [2.45, 2.75) is 56.4 Å². The lowest BCUT2D eigenvalue weighted by atomic mass is 10.1. The van der Waals surface area contributed by atoms with Gasteiger partial charge in [-0.15, -0.1) is 0 Å². The lowest BCUT2D eigenvalue weighted by Gasteiger charge is -2.17. The molecule has 1 aromatic rings. The zero-order valence-corrected chi connectivity index (χ0v) is 13.6. The number of amides is 1. The number of rotatable bonds is 3. The Morgan fingerprint density at radius 3 is 2.33 bits per heavy atom. The SMILES string of the molecule is Cc1cc(S(=O)(=O)Cl)ccc1C(=O)NC1CCCCCC1. The second-order valence-corrected chi connectivity index (χ2v) is 8.14. The molecule has 21 heavy (non-hydrogen) atoms. The van der Waals surface area contributed by atoms with E-state index in [0.29, 0.717) is 11.1 Å². The number of aryl methyl sites for hydroxylation is 1. The van der Waals surface area contributed by atoms with Gasteiger partial charge in [0, 0.05) is 22.3 Å². The van der Waals surface area contributed by atoms with Gasteiger partial charge < -0.3 is 5.32 Å². The predicted octanol–water partition coefficient (Wildman–Crippen LogP) is 3.38. The van der Waals surface area contributed by atoms with Crippen molar-refractivity contribution in [3.05, 3.63) is 29.3 Å². The number of nitrogens with one attached hydrogen (secondary N) is 1. The summed E-state index contributed by atoms with van der Waals surface area (Å²) in [7, 11) is 1.55. The van der Waals surface area contributed by atoms with Gasteiger partial charge in [0.1, 0.15) is 0 Å². The van der Waals surface area contributed by atoms with E-state index < -0.39 is 9.05 Å². The van der Waals surface area contributed by atoms with E-state index in [9.17, 15) is 13.2 Å². The van der Waals surface area contributed by atoms with Gasteiger partial charge in [0.05, 0.1) is 4.90 Å². The topological polar surface area (TPSA) is 63.2 Å². The van der Waals surface area contributed by atoms with E-state index in [4.69, 9.17) is 10.7 Å². The Labute approximate surface area is 130 Å². The molecule has 0 spiro atoms. The fourth-order valence-electron chi connectivity index (χ4n) is 2.73. The van der Waals surface area contributed by atoms with Crippen molar-refractivity contribution in [1.82, 2.24) is 5.32 Å². The molecule has 0 heterocycles. The molecule has 0 atom stereocenters. The van der Waals surface area contributed by atoms with E-state index in [-0.39, 0.29) is 16.8 Å². The van der Waals surface area contributed by atoms with Crippen LogP contribution in [0.3, 0.4) is 0 Å². The molecule has 6 heteroatoms. The number of carbonyl (C=O) groups is 1. The highest BCUT2D eigenvalue weighted by Gasteiger charge is 2.18. The summed E-state index contributed by atoms with van der Waals surface area (Å²) in [6.07, 6.45) is 6.78. The zero-order valence-electron chi connectivity index (χ0n) is 12.1. The van der Waals surface area contributed by atoms with Crippen LogP contribution in [0.5, 0.6) is 0 Å². The van der Waals surface area contributed by atoms with E-state index in [1.165, 1.54) is 31.0 Å². The van der Waals surface area contributed by atoms with Gasteiger partial charge in [-0.2, -0.15) is 0 Å². The van der Waals surface area contributed by atoms with Crippen LogP contribution in [0.4, 0.5) is 0 Å². The van der Waals surface area contributed by atoms with Gasteiger partial charge in [-0.3, -0.25) is 4.79 Å². The van der Waals surface area contributed by atoms with Crippen LogP contribution in [0.1, 0.15) is 54.4 Å². The molecule has 1 N–H and O–H groups in total. The first-order valence-electron chi connectivity index (χ1n) is 7.24. The minimum absolute atomic E-state index is 0.0210. The number of carbonyl (C=O) groups excluding carboxylic acids is 1. The van der Waals surface area contributed by atoms with E-state index in [2.05, 4.69) is 5.32 Å². The monoisotopic (exact) mass is 329 g/mol. The molecule has 0 saturated heterocycles. The molecular weight excluding hydrogens is 310 g/mol. The minimum Gasteiger partial charge on any atom is -0.349 e. The van der Waals surface area contributed by atoms with E-state index in [1.807, 2.05) is 0 Å². The van der Waals surface area contributed by atoms with Crippen molar-refractivity contribution >= 4 is 25.6 Å². The molecular formula is C15H20ClNO3S. The maximum absolute atomic E-state index is 12.3. The average Bonchev–Trinajstić information content (AvgIpc) is 2.66. The molecule has 0 radical (unpaired) electrons. The Bertz CT molecular complexity index is 620. The van der Waals surface area contributed by atoms with E-state index in [0.717, 1.165) is 25.7 Å². The van der Waals surface area contributed by atoms with Crippen LogP contribution in [-0.4, -0.2) is 20.4 Å². The van der Waals surface area contributed by atoms with Gasteiger partial charge in [0.2, 0.25) is 0 Å². The van der Waals surface area contributed by atoms with Gasteiger partial charge in [0.15, 0.2) is 0 Å². The maximum atomic E-state index is 12.3. The van der Waals surface area contributed by atoms with Crippen LogP contribution in [0, 0.1) is 6.92 Å². The van der Waals surface area contributed by atoms with Gasteiger partial charge in [-0.1, -0.05) is 25.7 Å². The average molecular weight is 330 g/mol. The second kappa shape index (κ2) is 6.79. The van der Waals surface area contributed by atoms with Crippen molar-refractivity contribution < 1.29 is 13.2 Å².